The number of hydrogen-bond donors (Lipinski definition) is 1. The van der Waals surface area contributed by atoms with Gasteiger partial charge in [0.25, 0.3) is 0 Å². The Morgan fingerprint density at radius 2 is 1.88 bits per heavy atom. The van der Waals surface area contributed by atoms with Crippen LogP contribution in [0.2, 0.25) is 5.02 Å². The maximum absolute atomic E-state index is 13.6. The molecule has 214 valence electrons. The van der Waals surface area contributed by atoms with E-state index in [9.17, 15) is 4.79 Å². The summed E-state index contributed by atoms with van der Waals surface area (Å²) >= 11 is 6.31. The lowest BCUT2D eigenvalue weighted by molar-refractivity contribution is -0.133. The number of oxazole rings is 1. The number of carbonyl (C=O) groups excluding carboxylic acids is 1. The number of nitrogens with zero attached hydrogens (tertiary/aromatic N) is 2. The van der Waals surface area contributed by atoms with E-state index in [2.05, 4.69) is 4.98 Å². The van der Waals surface area contributed by atoms with Crippen LogP contribution in [-0.4, -0.2) is 43.2 Å². The van der Waals surface area contributed by atoms with Crippen LogP contribution >= 0.6 is 11.6 Å². The lowest BCUT2D eigenvalue weighted by Crippen LogP contribution is -2.41. The summed E-state index contributed by atoms with van der Waals surface area (Å²) in [5.74, 6) is 1.99. The van der Waals surface area contributed by atoms with E-state index in [1.54, 1.807) is 20.5 Å². The molecule has 1 atom stereocenters. The molecular formula is C32H34ClN3O5. The number of carbonyl (C=O) groups is 1. The first-order valence-electron chi connectivity index (χ1n) is 13.6. The summed E-state index contributed by atoms with van der Waals surface area (Å²) in [6.45, 7) is 3.03. The molecule has 0 fully saturated rings. The van der Waals surface area contributed by atoms with Crippen LogP contribution in [0.25, 0.3) is 0 Å². The van der Waals surface area contributed by atoms with Gasteiger partial charge in [-0.25, -0.2) is 4.98 Å². The summed E-state index contributed by atoms with van der Waals surface area (Å²) in [7, 11) is 3.24. The predicted molar refractivity (Wildman–Crippen MR) is 158 cm³/mol. The first-order chi connectivity index (χ1) is 19.9. The summed E-state index contributed by atoms with van der Waals surface area (Å²) in [6.07, 6.45) is 5.16. The zero-order valence-electron chi connectivity index (χ0n) is 23.5. The lowest BCUT2D eigenvalue weighted by atomic mass is 9.85. The van der Waals surface area contributed by atoms with Crippen molar-refractivity contribution in [3.8, 4) is 17.2 Å². The highest BCUT2D eigenvalue weighted by atomic mass is 35.5. The largest absolute Gasteiger partial charge is 0.495 e. The summed E-state index contributed by atoms with van der Waals surface area (Å²) in [6, 6.07) is 15.3. The van der Waals surface area contributed by atoms with Gasteiger partial charge in [-0.3, -0.25) is 4.79 Å². The molecule has 5 rings (SSSR count). The highest BCUT2D eigenvalue weighted by Gasteiger charge is 2.34. The molecule has 0 radical (unpaired) electrons. The Labute approximate surface area is 245 Å². The number of benzene rings is 3. The van der Waals surface area contributed by atoms with Gasteiger partial charge in [-0.1, -0.05) is 23.7 Å². The molecule has 0 spiro atoms. The molecule has 0 aliphatic carbocycles. The number of methoxy groups -OCH3 is 2. The smallest absolute Gasteiger partial charge is 0.223 e. The van der Waals surface area contributed by atoms with Crippen molar-refractivity contribution in [3.63, 3.8) is 0 Å². The monoisotopic (exact) mass is 575 g/mol. The van der Waals surface area contributed by atoms with Crippen molar-refractivity contribution in [2.75, 3.05) is 33.1 Å². The second kappa shape index (κ2) is 12.6. The van der Waals surface area contributed by atoms with Crippen LogP contribution < -0.4 is 19.9 Å². The van der Waals surface area contributed by atoms with Crippen molar-refractivity contribution in [2.24, 2.45) is 0 Å². The van der Waals surface area contributed by atoms with Crippen LogP contribution in [0.15, 0.2) is 65.6 Å². The van der Waals surface area contributed by atoms with Crippen molar-refractivity contribution in [1.82, 2.24) is 9.88 Å². The highest BCUT2D eigenvalue weighted by Crippen LogP contribution is 2.42. The van der Waals surface area contributed by atoms with Gasteiger partial charge in [0.1, 0.15) is 12.0 Å². The lowest BCUT2D eigenvalue weighted by Gasteiger charge is -2.39. The molecule has 1 amide bonds. The fraction of sp³-hybridized carbons (Fsp3) is 0.312. The van der Waals surface area contributed by atoms with E-state index < -0.39 is 0 Å². The average molecular weight is 576 g/mol. The molecule has 41 heavy (non-hydrogen) atoms. The Morgan fingerprint density at radius 1 is 1.05 bits per heavy atom. The Kier molecular flexibility index (Phi) is 8.69. The molecule has 0 saturated heterocycles. The minimum Gasteiger partial charge on any atom is -0.495 e. The van der Waals surface area contributed by atoms with Gasteiger partial charge in [-0.2, -0.15) is 0 Å². The first kappa shape index (κ1) is 28.4. The molecule has 4 aromatic rings. The van der Waals surface area contributed by atoms with Crippen LogP contribution in [0.5, 0.6) is 17.2 Å². The topological polar surface area (TPSA) is 100 Å². The first-order valence-corrected chi connectivity index (χ1v) is 13.9. The van der Waals surface area contributed by atoms with E-state index in [0.717, 1.165) is 33.5 Å². The molecule has 1 aromatic heterocycles. The number of aryl methyl sites for hydroxylation is 2. The number of ether oxygens (including phenoxy) is 3. The maximum atomic E-state index is 13.6. The fourth-order valence-electron chi connectivity index (χ4n) is 5.41. The normalized spacial score (nSPS) is 14.4. The van der Waals surface area contributed by atoms with Gasteiger partial charge in [-0.15, -0.1) is 0 Å². The number of fused-ring (bicyclic) bond motifs is 1. The van der Waals surface area contributed by atoms with Crippen molar-refractivity contribution < 1.29 is 23.4 Å². The average Bonchev–Trinajstić information content (AvgIpc) is 3.49. The third-order valence-corrected chi connectivity index (χ3v) is 7.76. The summed E-state index contributed by atoms with van der Waals surface area (Å²) in [5, 5.41) is 0.657. The van der Waals surface area contributed by atoms with E-state index >= 15 is 0 Å². The molecule has 1 aliphatic heterocycles. The second-order valence-electron chi connectivity index (χ2n) is 10.1. The van der Waals surface area contributed by atoms with Crippen molar-refractivity contribution in [1.29, 1.82) is 0 Å². The van der Waals surface area contributed by atoms with Gasteiger partial charge in [0, 0.05) is 30.8 Å². The van der Waals surface area contributed by atoms with E-state index in [0.29, 0.717) is 66.8 Å². The molecule has 2 heterocycles. The van der Waals surface area contributed by atoms with Crippen LogP contribution in [0, 0.1) is 6.92 Å². The predicted octanol–water partition coefficient (Wildman–Crippen LogP) is 5.96. The zero-order chi connectivity index (χ0) is 28.9. The summed E-state index contributed by atoms with van der Waals surface area (Å²) in [5.41, 5.74) is 12.6. The van der Waals surface area contributed by atoms with Gasteiger partial charge < -0.3 is 29.3 Å². The third kappa shape index (κ3) is 6.28. The SMILES string of the molecule is COc1ccc(CCOc2cc3c(cc2OC)CCN(C(=O)CCc2cocn2)C3c2ccc(Cl)cc2C)cc1N. The Hall–Kier alpha value is -4.17. The van der Waals surface area contributed by atoms with Gasteiger partial charge in [0.15, 0.2) is 17.9 Å². The third-order valence-electron chi connectivity index (χ3n) is 7.52. The van der Waals surface area contributed by atoms with E-state index in [1.807, 2.05) is 60.4 Å². The van der Waals surface area contributed by atoms with Gasteiger partial charge in [-0.05, 0) is 77.6 Å². The van der Waals surface area contributed by atoms with Gasteiger partial charge >= 0.3 is 0 Å². The Morgan fingerprint density at radius 3 is 2.59 bits per heavy atom. The fourth-order valence-corrected chi connectivity index (χ4v) is 5.63. The molecule has 3 aromatic carbocycles. The van der Waals surface area contributed by atoms with E-state index in [-0.39, 0.29) is 11.9 Å². The quantitative estimate of drug-likeness (QED) is 0.233. The van der Waals surface area contributed by atoms with Crippen molar-refractivity contribution in [2.45, 2.75) is 38.6 Å². The number of amides is 1. The van der Waals surface area contributed by atoms with E-state index in [1.165, 1.54) is 6.39 Å². The van der Waals surface area contributed by atoms with Gasteiger partial charge in [0.05, 0.1) is 38.2 Å². The van der Waals surface area contributed by atoms with Crippen LogP contribution in [0.4, 0.5) is 5.69 Å². The number of aromatic nitrogens is 1. The van der Waals surface area contributed by atoms with E-state index in [4.69, 9.17) is 36.0 Å². The number of nitrogens with two attached hydrogens (primary N) is 1. The Balaban J connectivity index is 1.44. The van der Waals surface area contributed by atoms with Gasteiger partial charge in [0.2, 0.25) is 5.91 Å². The molecule has 1 unspecified atom stereocenters. The maximum Gasteiger partial charge on any atom is 0.223 e. The number of halogens is 1. The molecule has 1 aliphatic rings. The minimum absolute atomic E-state index is 0.0494. The van der Waals surface area contributed by atoms with Crippen LogP contribution in [0.3, 0.4) is 0 Å². The second-order valence-corrected chi connectivity index (χ2v) is 10.5. The molecular weight excluding hydrogens is 542 g/mol. The number of hydrogen-bond acceptors (Lipinski definition) is 7. The zero-order valence-corrected chi connectivity index (χ0v) is 24.2. The minimum atomic E-state index is -0.296. The summed E-state index contributed by atoms with van der Waals surface area (Å²) < 4.78 is 22.3. The molecule has 0 saturated carbocycles. The number of nitrogen functional groups attached to an aromatic ring is 1. The van der Waals surface area contributed by atoms with Crippen LogP contribution in [0.1, 0.15) is 46.0 Å². The highest BCUT2D eigenvalue weighted by molar-refractivity contribution is 6.30. The molecule has 8 nitrogen and oxygen atoms in total. The molecule has 9 heteroatoms. The number of rotatable bonds is 10. The number of anilines is 1. The standard InChI is InChI=1S/C32H34ClN3O5/c1-20-14-23(33)5-7-25(20)32-26-17-30(41-13-11-21-4-8-28(38-2)27(34)15-21)29(39-3)16-22(26)10-12-36(32)31(37)9-6-24-18-40-19-35-24/h4-5,7-8,14-19,32H,6,9-13,34H2,1-3H3. The van der Waals surface area contributed by atoms with Crippen LogP contribution in [-0.2, 0) is 24.1 Å². The van der Waals surface area contributed by atoms with Crippen molar-refractivity contribution in [3.05, 3.63) is 99.7 Å². The Bertz CT molecular complexity index is 1520. The molecule has 0 bridgehead atoms. The summed E-state index contributed by atoms with van der Waals surface area (Å²) in [4.78, 5) is 19.8. The molecule has 2 N–H and O–H groups in total. The van der Waals surface area contributed by atoms with Crippen molar-refractivity contribution >= 4 is 23.2 Å².